The number of rotatable bonds is 2. The Morgan fingerprint density at radius 3 is 2.47 bits per heavy atom. The van der Waals surface area contributed by atoms with Gasteiger partial charge in [-0.25, -0.2) is 12.8 Å². The fraction of sp³-hybridized carbons (Fsp3) is 0.600. The molecular weight excluding hydrogens is 247 g/mol. The van der Waals surface area contributed by atoms with Gasteiger partial charge in [0.05, 0.1) is 23.9 Å². The summed E-state index contributed by atoms with van der Waals surface area (Å²) in [7, 11) is -3.08. The lowest BCUT2D eigenvalue weighted by atomic mass is 9.88. The quantitative estimate of drug-likeness (QED) is 0.777. The van der Waals surface area contributed by atoms with Crippen molar-refractivity contribution in [2.75, 3.05) is 11.5 Å². The highest BCUT2D eigenvalue weighted by Crippen LogP contribution is 2.31. The van der Waals surface area contributed by atoms with E-state index in [4.69, 9.17) is 0 Å². The molecule has 94 valence electrons. The number of Topliss-reactive ketones (excluding diaryl/α,β-unsaturated/α-hetero) is 1. The van der Waals surface area contributed by atoms with Gasteiger partial charge in [-0.3, -0.25) is 9.48 Å². The van der Waals surface area contributed by atoms with Gasteiger partial charge in [-0.2, -0.15) is 5.10 Å². The zero-order valence-electron chi connectivity index (χ0n) is 9.39. The summed E-state index contributed by atoms with van der Waals surface area (Å²) in [6.45, 7) is 1.39. The topological polar surface area (TPSA) is 69.0 Å². The minimum absolute atomic E-state index is 0.0614. The van der Waals surface area contributed by atoms with Crippen LogP contribution in [0.15, 0.2) is 12.4 Å². The van der Waals surface area contributed by atoms with E-state index in [0.717, 1.165) is 12.4 Å². The zero-order chi connectivity index (χ0) is 12.7. The Bertz CT molecular complexity index is 536. The van der Waals surface area contributed by atoms with Gasteiger partial charge in [-0.1, -0.05) is 0 Å². The second kappa shape index (κ2) is 3.90. The molecule has 0 N–H and O–H groups in total. The summed E-state index contributed by atoms with van der Waals surface area (Å²) in [6, 6.07) is 0. The van der Waals surface area contributed by atoms with Gasteiger partial charge >= 0.3 is 0 Å². The molecule has 1 aromatic rings. The number of sulfone groups is 1. The van der Waals surface area contributed by atoms with Crippen molar-refractivity contribution in [2.24, 2.45) is 0 Å². The van der Waals surface area contributed by atoms with Gasteiger partial charge in [0.15, 0.2) is 21.4 Å². The van der Waals surface area contributed by atoms with Crippen LogP contribution < -0.4 is 0 Å². The molecule has 0 radical (unpaired) electrons. The van der Waals surface area contributed by atoms with Crippen LogP contribution in [0.25, 0.3) is 0 Å². The number of hydrogen-bond acceptors (Lipinski definition) is 4. The molecule has 0 aliphatic carbocycles. The highest BCUT2D eigenvalue weighted by Gasteiger charge is 2.43. The lowest BCUT2D eigenvalue weighted by Crippen LogP contribution is -2.47. The summed E-state index contributed by atoms with van der Waals surface area (Å²) in [4.78, 5) is 11.8. The van der Waals surface area contributed by atoms with Crippen LogP contribution in [0.3, 0.4) is 0 Å². The molecule has 0 aromatic carbocycles. The van der Waals surface area contributed by atoms with Gasteiger partial charge in [0.2, 0.25) is 0 Å². The first-order valence-corrected chi connectivity index (χ1v) is 7.10. The molecule has 1 aromatic heterocycles. The number of ketones is 1. The predicted octanol–water partition coefficient (Wildman–Crippen LogP) is 0.515. The lowest BCUT2D eigenvalue weighted by molar-refractivity contribution is -0.126. The maximum atomic E-state index is 13.0. The summed E-state index contributed by atoms with van der Waals surface area (Å²) in [6.07, 6.45) is 2.48. The van der Waals surface area contributed by atoms with Crippen LogP contribution in [0.1, 0.15) is 19.8 Å². The molecule has 0 unspecified atom stereocenters. The molecule has 1 saturated heterocycles. The van der Waals surface area contributed by atoms with E-state index in [1.165, 1.54) is 11.6 Å². The third-order valence-electron chi connectivity index (χ3n) is 3.30. The van der Waals surface area contributed by atoms with E-state index in [1.54, 1.807) is 0 Å². The number of carbonyl (C=O) groups is 1. The Morgan fingerprint density at radius 1 is 1.47 bits per heavy atom. The van der Waals surface area contributed by atoms with E-state index in [1.807, 2.05) is 0 Å². The largest absolute Gasteiger partial charge is 0.297 e. The van der Waals surface area contributed by atoms with Crippen molar-refractivity contribution in [2.45, 2.75) is 25.3 Å². The molecule has 1 fully saturated rings. The molecule has 0 atom stereocenters. The third kappa shape index (κ3) is 2.11. The highest BCUT2D eigenvalue weighted by molar-refractivity contribution is 7.91. The molecule has 0 amide bonds. The van der Waals surface area contributed by atoms with Crippen LogP contribution in [-0.4, -0.2) is 35.5 Å². The summed E-state index contributed by atoms with van der Waals surface area (Å²) < 4.78 is 37.0. The molecule has 0 bridgehead atoms. The van der Waals surface area contributed by atoms with Crippen molar-refractivity contribution in [1.82, 2.24) is 9.78 Å². The maximum absolute atomic E-state index is 13.0. The summed E-state index contributed by atoms with van der Waals surface area (Å²) in [5.74, 6) is -0.836. The van der Waals surface area contributed by atoms with Gasteiger partial charge in [0.25, 0.3) is 0 Å². The van der Waals surface area contributed by atoms with Crippen LogP contribution in [-0.2, 0) is 20.2 Å². The molecule has 0 spiro atoms. The second-order valence-corrected chi connectivity index (χ2v) is 6.65. The van der Waals surface area contributed by atoms with Crippen molar-refractivity contribution >= 4 is 15.6 Å². The van der Waals surface area contributed by atoms with Gasteiger partial charge in [0.1, 0.15) is 5.54 Å². The van der Waals surface area contributed by atoms with Crippen LogP contribution >= 0.6 is 0 Å². The Balaban J connectivity index is 2.39. The van der Waals surface area contributed by atoms with E-state index in [-0.39, 0.29) is 30.1 Å². The minimum atomic E-state index is -3.08. The fourth-order valence-corrected chi connectivity index (χ4v) is 3.65. The van der Waals surface area contributed by atoms with E-state index < -0.39 is 21.2 Å². The molecule has 7 heteroatoms. The van der Waals surface area contributed by atoms with Crippen LogP contribution in [0.2, 0.25) is 0 Å². The van der Waals surface area contributed by atoms with Crippen LogP contribution in [0.5, 0.6) is 0 Å². The Hall–Kier alpha value is -1.24. The fourth-order valence-electron chi connectivity index (χ4n) is 2.15. The number of hydrogen-bond donors (Lipinski definition) is 0. The molecule has 17 heavy (non-hydrogen) atoms. The highest BCUT2D eigenvalue weighted by atomic mass is 32.2. The summed E-state index contributed by atoms with van der Waals surface area (Å²) in [5.41, 5.74) is -1.00. The van der Waals surface area contributed by atoms with E-state index >= 15 is 0 Å². The summed E-state index contributed by atoms with van der Waals surface area (Å²) >= 11 is 0. The average Bonchev–Trinajstić information content (AvgIpc) is 2.65. The maximum Gasteiger partial charge on any atom is 0.161 e. The van der Waals surface area contributed by atoms with Gasteiger partial charge in [-0.15, -0.1) is 0 Å². The van der Waals surface area contributed by atoms with Crippen molar-refractivity contribution < 1.29 is 17.6 Å². The second-order valence-electron chi connectivity index (χ2n) is 4.34. The average molecular weight is 260 g/mol. The normalized spacial score (nSPS) is 22.2. The smallest absolute Gasteiger partial charge is 0.161 e. The van der Waals surface area contributed by atoms with Gasteiger partial charge < -0.3 is 0 Å². The minimum Gasteiger partial charge on any atom is -0.297 e. The van der Waals surface area contributed by atoms with Gasteiger partial charge in [0, 0.05) is 0 Å². The Labute approximate surface area is 98.5 Å². The van der Waals surface area contributed by atoms with Crippen molar-refractivity contribution in [1.29, 1.82) is 0 Å². The van der Waals surface area contributed by atoms with E-state index in [0.29, 0.717) is 0 Å². The molecule has 2 rings (SSSR count). The van der Waals surface area contributed by atoms with Crippen molar-refractivity contribution in [3.8, 4) is 0 Å². The molecule has 1 aliphatic rings. The van der Waals surface area contributed by atoms with E-state index in [2.05, 4.69) is 5.10 Å². The number of aromatic nitrogens is 2. The number of halogens is 1. The first kappa shape index (κ1) is 12.2. The molecule has 5 nitrogen and oxygen atoms in total. The van der Waals surface area contributed by atoms with Crippen molar-refractivity contribution in [3.63, 3.8) is 0 Å². The zero-order valence-corrected chi connectivity index (χ0v) is 10.2. The molecule has 1 aliphatic heterocycles. The van der Waals surface area contributed by atoms with Crippen LogP contribution in [0.4, 0.5) is 4.39 Å². The van der Waals surface area contributed by atoms with E-state index in [9.17, 15) is 17.6 Å². The predicted molar refractivity (Wildman–Crippen MR) is 58.7 cm³/mol. The monoisotopic (exact) mass is 260 g/mol. The first-order valence-electron chi connectivity index (χ1n) is 5.28. The molecule has 2 heterocycles. The SMILES string of the molecule is CC(=O)C1(n2cc(F)cn2)CCS(=O)(=O)CC1. The Kier molecular flexibility index (Phi) is 2.81. The number of carbonyl (C=O) groups excluding carboxylic acids is 1. The molecule has 0 saturated carbocycles. The summed E-state index contributed by atoms with van der Waals surface area (Å²) in [5, 5.41) is 3.81. The van der Waals surface area contributed by atoms with Crippen LogP contribution in [0, 0.1) is 5.82 Å². The Morgan fingerprint density at radius 2 is 2.06 bits per heavy atom. The molecular formula is C10H13FN2O3S. The van der Waals surface area contributed by atoms with Crippen molar-refractivity contribution in [3.05, 3.63) is 18.2 Å². The standard InChI is InChI=1S/C10H13FN2O3S/c1-8(14)10(13-7-9(11)6-12-13)2-4-17(15,16)5-3-10/h6-7H,2-5H2,1H3. The third-order valence-corrected chi connectivity index (χ3v) is 4.95. The first-order chi connectivity index (χ1) is 7.86. The number of nitrogens with zero attached hydrogens (tertiary/aromatic N) is 2. The lowest BCUT2D eigenvalue weighted by Gasteiger charge is -2.34. The van der Waals surface area contributed by atoms with Gasteiger partial charge in [-0.05, 0) is 19.8 Å².